The predicted octanol–water partition coefficient (Wildman–Crippen LogP) is 1.42. The number of fused-ring (bicyclic) bond motifs is 1. The summed E-state index contributed by atoms with van der Waals surface area (Å²) in [5.41, 5.74) is 1.20. The lowest BCUT2D eigenvalue weighted by atomic mass is 9.90. The highest BCUT2D eigenvalue weighted by Crippen LogP contribution is 2.32. The van der Waals surface area contributed by atoms with Gasteiger partial charge in [0.1, 0.15) is 5.60 Å². The summed E-state index contributed by atoms with van der Waals surface area (Å²) < 4.78 is 0. The fourth-order valence-electron chi connectivity index (χ4n) is 2.42. The van der Waals surface area contributed by atoms with Crippen LogP contribution in [0.2, 0.25) is 0 Å². The van der Waals surface area contributed by atoms with Crippen LogP contribution in [0.25, 0.3) is 10.9 Å². The molecule has 1 aliphatic heterocycles. The van der Waals surface area contributed by atoms with Gasteiger partial charge in [-0.2, -0.15) is 0 Å². The summed E-state index contributed by atoms with van der Waals surface area (Å²) in [5.74, 6) is 0. The molecule has 16 heavy (non-hydrogen) atoms. The molecule has 3 heteroatoms. The van der Waals surface area contributed by atoms with Crippen molar-refractivity contribution in [3.63, 3.8) is 0 Å². The van der Waals surface area contributed by atoms with Crippen molar-refractivity contribution in [2.75, 3.05) is 13.1 Å². The Morgan fingerprint density at radius 3 is 3.00 bits per heavy atom. The highest BCUT2D eigenvalue weighted by molar-refractivity contribution is 5.82. The van der Waals surface area contributed by atoms with Crippen LogP contribution in [0.3, 0.4) is 0 Å². The van der Waals surface area contributed by atoms with Crippen LogP contribution < -0.4 is 5.32 Å². The van der Waals surface area contributed by atoms with Crippen LogP contribution in [-0.4, -0.2) is 23.2 Å². The third kappa shape index (κ3) is 1.40. The SMILES string of the molecule is OC1(c2cccc3ncccc23)CCNC1. The summed E-state index contributed by atoms with van der Waals surface area (Å²) in [5, 5.41) is 14.8. The predicted molar refractivity (Wildman–Crippen MR) is 63.1 cm³/mol. The first kappa shape index (κ1) is 9.75. The maximum absolute atomic E-state index is 10.6. The first-order valence-electron chi connectivity index (χ1n) is 5.57. The molecule has 0 spiro atoms. The zero-order valence-corrected chi connectivity index (χ0v) is 8.98. The van der Waals surface area contributed by atoms with E-state index in [0.29, 0.717) is 6.54 Å². The lowest BCUT2D eigenvalue weighted by Gasteiger charge is -2.23. The molecule has 3 nitrogen and oxygen atoms in total. The maximum Gasteiger partial charge on any atom is 0.104 e. The third-order valence-electron chi connectivity index (χ3n) is 3.28. The topological polar surface area (TPSA) is 45.2 Å². The van der Waals surface area contributed by atoms with Crippen LogP contribution in [0.5, 0.6) is 0 Å². The Bertz CT molecular complexity index is 513. The standard InChI is InChI=1S/C13H14N2O/c16-13(6-8-14-9-13)11-4-1-5-12-10(11)3-2-7-15-12/h1-5,7,14,16H,6,8-9H2. The number of pyridine rings is 1. The number of nitrogens with one attached hydrogen (secondary N) is 1. The minimum Gasteiger partial charge on any atom is -0.384 e. The Morgan fingerprint density at radius 2 is 2.19 bits per heavy atom. The number of hydrogen-bond acceptors (Lipinski definition) is 3. The molecule has 0 amide bonds. The van der Waals surface area contributed by atoms with Gasteiger partial charge in [-0.25, -0.2) is 0 Å². The molecule has 1 aromatic heterocycles. The van der Waals surface area contributed by atoms with E-state index in [9.17, 15) is 5.11 Å². The molecule has 1 atom stereocenters. The molecule has 1 aliphatic rings. The van der Waals surface area contributed by atoms with Crippen LogP contribution in [0, 0.1) is 0 Å². The Morgan fingerprint density at radius 1 is 1.25 bits per heavy atom. The number of aromatic nitrogens is 1. The van der Waals surface area contributed by atoms with Crippen molar-refractivity contribution in [2.45, 2.75) is 12.0 Å². The molecule has 0 saturated carbocycles. The summed E-state index contributed by atoms with van der Waals surface area (Å²) in [4.78, 5) is 4.31. The van der Waals surface area contributed by atoms with Gasteiger partial charge in [0.05, 0.1) is 5.52 Å². The molecule has 1 fully saturated rings. The number of aliphatic hydroxyl groups is 1. The molecule has 0 radical (unpaired) electrons. The summed E-state index contributed by atoms with van der Waals surface area (Å²) in [6, 6.07) is 9.87. The van der Waals surface area contributed by atoms with Crippen molar-refractivity contribution in [3.05, 3.63) is 42.1 Å². The largest absolute Gasteiger partial charge is 0.384 e. The number of β-amino-alcohol motifs (C(OH)–C–C–N with tert-alkyl or cyclic N) is 1. The van der Waals surface area contributed by atoms with E-state index < -0.39 is 5.60 Å². The molecule has 0 aliphatic carbocycles. The van der Waals surface area contributed by atoms with Gasteiger partial charge in [0.15, 0.2) is 0 Å². The molecule has 2 aromatic rings. The Hall–Kier alpha value is -1.45. The molecule has 1 unspecified atom stereocenters. The Kier molecular flexibility index (Phi) is 2.16. The normalized spacial score (nSPS) is 25.1. The van der Waals surface area contributed by atoms with E-state index in [-0.39, 0.29) is 0 Å². The van der Waals surface area contributed by atoms with Gasteiger partial charge in [0, 0.05) is 18.1 Å². The molecule has 3 rings (SSSR count). The number of hydrogen-bond donors (Lipinski definition) is 2. The van der Waals surface area contributed by atoms with Gasteiger partial charge in [-0.15, -0.1) is 0 Å². The maximum atomic E-state index is 10.6. The van der Waals surface area contributed by atoms with Crippen molar-refractivity contribution in [2.24, 2.45) is 0 Å². The second-order valence-electron chi connectivity index (χ2n) is 4.33. The van der Waals surface area contributed by atoms with Gasteiger partial charge < -0.3 is 10.4 Å². The van der Waals surface area contributed by atoms with E-state index in [1.54, 1.807) is 6.20 Å². The second kappa shape index (κ2) is 3.54. The van der Waals surface area contributed by atoms with Crippen molar-refractivity contribution >= 4 is 10.9 Å². The molecule has 0 bridgehead atoms. The van der Waals surface area contributed by atoms with Gasteiger partial charge in [-0.05, 0) is 30.7 Å². The van der Waals surface area contributed by atoms with Crippen molar-refractivity contribution in [1.82, 2.24) is 10.3 Å². The van der Waals surface area contributed by atoms with Gasteiger partial charge in [-0.1, -0.05) is 18.2 Å². The first-order chi connectivity index (χ1) is 7.80. The zero-order chi connectivity index (χ0) is 11.0. The number of rotatable bonds is 1. The van der Waals surface area contributed by atoms with Crippen molar-refractivity contribution < 1.29 is 5.11 Å². The molecule has 2 N–H and O–H groups in total. The zero-order valence-electron chi connectivity index (χ0n) is 8.98. The first-order valence-corrected chi connectivity index (χ1v) is 5.57. The van der Waals surface area contributed by atoms with Gasteiger partial charge in [0.2, 0.25) is 0 Å². The highest BCUT2D eigenvalue weighted by Gasteiger charge is 2.34. The smallest absolute Gasteiger partial charge is 0.104 e. The summed E-state index contributed by atoms with van der Waals surface area (Å²) in [6.45, 7) is 1.49. The van der Waals surface area contributed by atoms with Crippen LogP contribution in [0.1, 0.15) is 12.0 Å². The lowest BCUT2D eigenvalue weighted by Crippen LogP contribution is -2.28. The van der Waals surface area contributed by atoms with Crippen LogP contribution in [0.4, 0.5) is 0 Å². The average molecular weight is 214 g/mol. The molecule has 1 aromatic carbocycles. The van der Waals surface area contributed by atoms with Crippen LogP contribution >= 0.6 is 0 Å². The van der Waals surface area contributed by atoms with E-state index in [1.165, 1.54) is 0 Å². The number of nitrogens with zero attached hydrogens (tertiary/aromatic N) is 1. The van der Waals surface area contributed by atoms with Crippen molar-refractivity contribution in [3.8, 4) is 0 Å². The molecule has 2 heterocycles. The highest BCUT2D eigenvalue weighted by atomic mass is 16.3. The number of benzene rings is 1. The quantitative estimate of drug-likeness (QED) is 0.754. The molecular weight excluding hydrogens is 200 g/mol. The Balaban J connectivity index is 2.23. The minimum absolute atomic E-state index is 0.626. The minimum atomic E-state index is -0.734. The van der Waals surface area contributed by atoms with Gasteiger partial charge in [0.25, 0.3) is 0 Å². The van der Waals surface area contributed by atoms with E-state index in [0.717, 1.165) is 29.4 Å². The molecule has 82 valence electrons. The van der Waals surface area contributed by atoms with E-state index >= 15 is 0 Å². The van der Waals surface area contributed by atoms with Crippen molar-refractivity contribution in [1.29, 1.82) is 0 Å². The second-order valence-corrected chi connectivity index (χ2v) is 4.33. The van der Waals surface area contributed by atoms with Gasteiger partial charge >= 0.3 is 0 Å². The monoisotopic (exact) mass is 214 g/mol. The molecular formula is C13H14N2O. The summed E-state index contributed by atoms with van der Waals surface area (Å²) in [7, 11) is 0. The van der Waals surface area contributed by atoms with E-state index in [2.05, 4.69) is 10.3 Å². The fourth-order valence-corrected chi connectivity index (χ4v) is 2.42. The lowest BCUT2D eigenvalue weighted by molar-refractivity contribution is 0.0603. The van der Waals surface area contributed by atoms with E-state index in [1.807, 2.05) is 30.3 Å². The summed E-state index contributed by atoms with van der Waals surface area (Å²) >= 11 is 0. The van der Waals surface area contributed by atoms with E-state index in [4.69, 9.17) is 0 Å². The Labute approximate surface area is 94.1 Å². The average Bonchev–Trinajstić information content (AvgIpc) is 2.77. The van der Waals surface area contributed by atoms with Crippen LogP contribution in [0.15, 0.2) is 36.5 Å². The summed E-state index contributed by atoms with van der Waals surface area (Å²) in [6.07, 6.45) is 2.55. The van der Waals surface area contributed by atoms with Gasteiger partial charge in [-0.3, -0.25) is 4.98 Å². The molecule has 1 saturated heterocycles. The van der Waals surface area contributed by atoms with Crippen LogP contribution in [-0.2, 0) is 5.60 Å². The third-order valence-corrected chi connectivity index (χ3v) is 3.28. The fraction of sp³-hybridized carbons (Fsp3) is 0.308.